The number of aromatic hydroxyl groups is 1. The van der Waals surface area contributed by atoms with E-state index in [1.54, 1.807) is 0 Å². The molecule has 0 aliphatic heterocycles. The Morgan fingerprint density at radius 1 is 1.28 bits per heavy atom. The van der Waals surface area contributed by atoms with Gasteiger partial charge in [-0.3, -0.25) is 0 Å². The van der Waals surface area contributed by atoms with Crippen molar-refractivity contribution in [3.05, 3.63) is 27.7 Å². The van der Waals surface area contributed by atoms with E-state index in [4.69, 9.17) is 28.9 Å². The van der Waals surface area contributed by atoms with E-state index in [0.717, 1.165) is 0 Å². The van der Waals surface area contributed by atoms with Crippen LogP contribution in [0.2, 0.25) is 10.0 Å². The predicted octanol–water partition coefficient (Wildman–Crippen LogP) is 3.50. The molecule has 0 spiro atoms. The molecule has 1 rings (SSSR count). The Hall–Kier alpha value is -0.480. The average Bonchev–Trinajstić information content (AvgIpc) is 2.21. The lowest BCUT2D eigenvalue weighted by molar-refractivity contribution is 0.131. The Labute approximate surface area is 118 Å². The first-order chi connectivity index (χ1) is 8.12. The standard InChI is InChI=1S/C13H19Cl2NO2/c1-13(2,3)11(16)6-10(17)8-4-7(14)5-9(15)12(8)18/h4-5,10-11,17-18H,6,16H2,1-3H3/t10-,11-/m1/s1. The molecule has 0 saturated carbocycles. The van der Waals surface area contributed by atoms with Crippen LogP contribution < -0.4 is 5.73 Å². The molecule has 0 aliphatic rings. The summed E-state index contributed by atoms with van der Waals surface area (Å²) in [5.41, 5.74) is 6.19. The fourth-order valence-corrected chi connectivity index (χ4v) is 2.07. The van der Waals surface area contributed by atoms with Gasteiger partial charge in [0.2, 0.25) is 0 Å². The van der Waals surface area contributed by atoms with Gasteiger partial charge in [-0.1, -0.05) is 44.0 Å². The van der Waals surface area contributed by atoms with Crippen molar-refractivity contribution in [1.29, 1.82) is 0 Å². The van der Waals surface area contributed by atoms with Crippen LogP contribution in [0.1, 0.15) is 38.9 Å². The summed E-state index contributed by atoms with van der Waals surface area (Å²) in [7, 11) is 0. The van der Waals surface area contributed by atoms with Crippen LogP contribution in [0.15, 0.2) is 12.1 Å². The number of aliphatic hydroxyl groups excluding tert-OH is 1. The second-order valence-electron chi connectivity index (χ2n) is 5.55. The van der Waals surface area contributed by atoms with Crippen LogP contribution >= 0.6 is 23.2 Å². The van der Waals surface area contributed by atoms with Crippen LogP contribution in [0.3, 0.4) is 0 Å². The third-order valence-corrected chi connectivity index (χ3v) is 3.51. The number of phenols is 1. The molecule has 2 atom stereocenters. The van der Waals surface area contributed by atoms with Gasteiger partial charge >= 0.3 is 0 Å². The lowest BCUT2D eigenvalue weighted by Crippen LogP contribution is -2.36. The fourth-order valence-electron chi connectivity index (χ4n) is 1.56. The van der Waals surface area contributed by atoms with E-state index in [-0.39, 0.29) is 22.2 Å². The molecular weight excluding hydrogens is 273 g/mol. The molecule has 0 aliphatic carbocycles. The van der Waals surface area contributed by atoms with Crippen LogP contribution in [-0.4, -0.2) is 16.3 Å². The zero-order valence-electron chi connectivity index (χ0n) is 10.7. The first-order valence-corrected chi connectivity index (χ1v) is 6.50. The number of hydrogen-bond acceptors (Lipinski definition) is 3. The van der Waals surface area contributed by atoms with E-state index in [0.29, 0.717) is 17.0 Å². The topological polar surface area (TPSA) is 66.5 Å². The highest BCUT2D eigenvalue weighted by atomic mass is 35.5. The summed E-state index contributed by atoms with van der Waals surface area (Å²) in [6.07, 6.45) is -0.566. The Morgan fingerprint density at radius 2 is 1.83 bits per heavy atom. The molecule has 0 radical (unpaired) electrons. The normalized spacial score (nSPS) is 15.5. The highest BCUT2D eigenvalue weighted by molar-refractivity contribution is 6.35. The molecule has 0 amide bonds. The smallest absolute Gasteiger partial charge is 0.140 e. The quantitative estimate of drug-likeness (QED) is 0.798. The van der Waals surface area contributed by atoms with Crippen molar-refractivity contribution in [3.8, 4) is 5.75 Å². The number of aliphatic hydroxyl groups is 1. The molecule has 3 nitrogen and oxygen atoms in total. The number of phenolic OH excluding ortho intramolecular Hbond substituents is 1. The summed E-state index contributed by atoms with van der Waals surface area (Å²) in [6, 6.07) is 2.73. The summed E-state index contributed by atoms with van der Waals surface area (Å²) in [5, 5.41) is 20.4. The highest BCUT2D eigenvalue weighted by Crippen LogP contribution is 2.37. The van der Waals surface area contributed by atoms with Gasteiger partial charge in [-0.15, -0.1) is 0 Å². The Bertz CT molecular complexity index is 430. The summed E-state index contributed by atoms with van der Waals surface area (Å²) in [5.74, 6) is -0.144. The van der Waals surface area contributed by atoms with Crippen LogP contribution in [0.5, 0.6) is 5.75 Å². The highest BCUT2D eigenvalue weighted by Gasteiger charge is 2.25. The summed E-state index contributed by atoms with van der Waals surface area (Å²) in [6.45, 7) is 5.99. The third kappa shape index (κ3) is 3.75. The number of hydrogen-bond donors (Lipinski definition) is 3. The van der Waals surface area contributed by atoms with Crippen molar-refractivity contribution in [3.63, 3.8) is 0 Å². The lowest BCUT2D eigenvalue weighted by Gasteiger charge is -2.29. The molecule has 0 unspecified atom stereocenters. The second kappa shape index (κ2) is 5.66. The fraction of sp³-hybridized carbons (Fsp3) is 0.538. The molecule has 0 aromatic heterocycles. The van der Waals surface area contributed by atoms with Crippen molar-refractivity contribution < 1.29 is 10.2 Å². The minimum absolute atomic E-state index is 0.126. The minimum atomic E-state index is -0.893. The second-order valence-corrected chi connectivity index (χ2v) is 6.39. The molecule has 0 fully saturated rings. The van der Waals surface area contributed by atoms with Crippen molar-refractivity contribution >= 4 is 23.2 Å². The van der Waals surface area contributed by atoms with Gasteiger partial charge in [0.15, 0.2) is 0 Å². The lowest BCUT2D eigenvalue weighted by atomic mass is 9.83. The summed E-state index contributed by atoms with van der Waals surface area (Å²) < 4.78 is 0. The third-order valence-electron chi connectivity index (χ3n) is 3.01. The summed E-state index contributed by atoms with van der Waals surface area (Å²) >= 11 is 11.7. The summed E-state index contributed by atoms with van der Waals surface area (Å²) in [4.78, 5) is 0. The van der Waals surface area contributed by atoms with Gasteiger partial charge in [-0.25, -0.2) is 0 Å². The van der Waals surface area contributed by atoms with Crippen molar-refractivity contribution in [2.24, 2.45) is 11.1 Å². The monoisotopic (exact) mass is 291 g/mol. The van der Waals surface area contributed by atoms with Gasteiger partial charge in [0.25, 0.3) is 0 Å². The first-order valence-electron chi connectivity index (χ1n) is 5.74. The molecule has 102 valence electrons. The van der Waals surface area contributed by atoms with Gasteiger partial charge in [0, 0.05) is 16.6 Å². The average molecular weight is 292 g/mol. The van der Waals surface area contributed by atoms with Crippen LogP contribution in [0.25, 0.3) is 0 Å². The number of benzene rings is 1. The predicted molar refractivity (Wildman–Crippen MR) is 75.1 cm³/mol. The van der Waals surface area contributed by atoms with Gasteiger partial charge in [0.05, 0.1) is 11.1 Å². The maximum Gasteiger partial charge on any atom is 0.140 e. The van der Waals surface area contributed by atoms with Crippen LogP contribution in [-0.2, 0) is 0 Å². The van der Waals surface area contributed by atoms with E-state index in [2.05, 4.69) is 0 Å². The first kappa shape index (κ1) is 15.6. The maximum absolute atomic E-state index is 10.1. The number of rotatable bonds is 3. The zero-order chi connectivity index (χ0) is 14.1. The van der Waals surface area contributed by atoms with E-state index in [9.17, 15) is 10.2 Å². The van der Waals surface area contributed by atoms with Gasteiger partial charge in [-0.05, 0) is 24.0 Å². The van der Waals surface area contributed by atoms with Crippen molar-refractivity contribution in [1.82, 2.24) is 0 Å². The van der Waals surface area contributed by atoms with E-state index in [1.807, 2.05) is 20.8 Å². The van der Waals surface area contributed by atoms with Crippen LogP contribution in [0.4, 0.5) is 0 Å². The molecule has 1 aromatic carbocycles. The maximum atomic E-state index is 10.1. The molecule has 0 bridgehead atoms. The number of nitrogens with two attached hydrogens (primary N) is 1. The molecule has 5 heteroatoms. The van der Waals surface area contributed by atoms with E-state index >= 15 is 0 Å². The zero-order valence-corrected chi connectivity index (χ0v) is 12.3. The van der Waals surface area contributed by atoms with E-state index in [1.165, 1.54) is 12.1 Å². The van der Waals surface area contributed by atoms with Gasteiger partial charge in [-0.2, -0.15) is 0 Å². The van der Waals surface area contributed by atoms with Crippen LogP contribution in [0, 0.1) is 5.41 Å². The number of halogens is 2. The molecule has 18 heavy (non-hydrogen) atoms. The Kier molecular flexibility index (Phi) is 4.90. The largest absolute Gasteiger partial charge is 0.506 e. The van der Waals surface area contributed by atoms with Crippen molar-refractivity contribution in [2.75, 3.05) is 0 Å². The molecule has 0 heterocycles. The molecular formula is C13H19Cl2NO2. The molecule has 0 saturated heterocycles. The SMILES string of the molecule is CC(C)(C)[C@H](N)C[C@@H](O)c1cc(Cl)cc(Cl)c1O. The minimum Gasteiger partial charge on any atom is -0.506 e. The van der Waals surface area contributed by atoms with Gasteiger partial charge in [0.1, 0.15) is 5.75 Å². The van der Waals surface area contributed by atoms with Gasteiger partial charge < -0.3 is 15.9 Å². The molecule has 4 N–H and O–H groups in total. The Balaban J connectivity index is 2.95. The van der Waals surface area contributed by atoms with E-state index < -0.39 is 6.10 Å². The van der Waals surface area contributed by atoms with Crippen molar-refractivity contribution in [2.45, 2.75) is 39.3 Å². The Morgan fingerprint density at radius 3 is 2.33 bits per heavy atom. The molecule has 1 aromatic rings.